The van der Waals surface area contributed by atoms with Gasteiger partial charge in [0.15, 0.2) is 11.6 Å². The summed E-state index contributed by atoms with van der Waals surface area (Å²) in [6.45, 7) is 1.16. The van der Waals surface area contributed by atoms with E-state index in [4.69, 9.17) is 4.74 Å². The zero-order valence-electron chi connectivity index (χ0n) is 13.0. The van der Waals surface area contributed by atoms with Crippen LogP contribution in [0.1, 0.15) is 18.4 Å². The lowest BCUT2D eigenvalue weighted by Gasteiger charge is -2.12. The second kappa shape index (κ2) is 8.61. The van der Waals surface area contributed by atoms with E-state index in [-0.39, 0.29) is 30.1 Å². The molecule has 0 aliphatic carbocycles. The van der Waals surface area contributed by atoms with Crippen molar-refractivity contribution >= 4 is 18.3 Å². The minimum absolute atomic E-state index is 0. The highest BCUT2D eigenvalue weighted by atomic mass is 35.5. The number of aromatic nitrogens is 1. The van der Waals surface area contributed by atoms with Gasteiger partial charge in [-0.1, -0.05) is 6.07 Å². The molecule has 1 aromatic heterocycles. The molecule has 1 aliphatic rings. The van der Waals surface area contributed by atoms with Crippen molar-refractivity contribution in [3.8, 4) is 11.5 Å². The molecule has 5 nitrogen and oxygen atoms in total. The van der Waals surface area contributed by atoms with E-state index in [2.05, 4.69) is 15.6 Å². The van der Waals surface area contributed by atoms with Crippen LogP contribution < -0.4 is 15.4 Å². The van der Waals surface area contributed by atoms with Gasteiger partial charge in [0.05, 0.1) is 12.2 Å². The van der Waals surface area contributed by atoms with E-state index >= 15 is 0 Å². The molecule has 0 bridgehead atoms. The van der Waals surface area contributed by atoms with Crippen LogP contribution in [0.2, 0.25) is 0 Å². The Bertz CT molecular complexity index is 679. The van der Waals surface area contributed by atoms with Crippen molar-refractivity contribution in [2.75, 3.05) is 6.54 Å². The van der Waals surface area contributed by atoms with Crippen LogP contribution in [0, 0.1) is 5.82 Å². The number of ether oxygens (including phenoxy) is 1. The third kappa shape index (κ3) is 4.66. The van der Waals surface area contributed by atoms with Crippen molar-refractivity contribution in [1.82, 2.24) is 15.6 Å². The van der Waals surface area contributed by atoms with Crippen LogP contribution >= 0.6 is 12.4 Å². The van der Waals surface area contributed by atoms with Crippen molar-refractivity contribution in [3.05, 3.63) is 54.1 Å². The highest BCUT2D eigenvalue weighted by Crippen LogP contribution is 2.24. The molecule has 2 heterocycles. The molecule has 24 heavy (non-hydrogen) atoms. The molecule has 2 aromatic rings. The van der Waals surface area contributed by atoms with Crippen LogP contribution in [0.15, 0.2) is 42.7 Å². The van der Waals surface area contributed by atoms with Crippen LogP contribution in [0.4, 0.5) is 4.39 Å². The van der Waals surface area contributed by atoms with Gasteiger partial charge in [-0.15, -0.1) is 12.4 Å². The number of nitrogens with zero attached hydrogens (tertiary/aromatic N) is 1. The van der Waals surface area contributed by atoms with Gasteiger partial charge < -0.3 is 15.4 Å². The number of amides is 1. The molecule has 0 saturated carbocycles. The summed E-state index contributed by atoms with van der Waals surface area (Å²) < 4.78 is 19.5. The average Bonchev–Trinajstić information content (AvgIpc) is 3.10. The fourth-order valence-corrected chi connectivity index (χ4v) is 2.49. The zero-order valence-corrected chi connectivity index (χ0v) is 13.8. The molecule has 1 aromatic carbocycles. The average molecular weight is 352 g/mol. The van der Waals surface area contributed by atoms with Gasteiger partial charge in [0.2, 0.25) is 5.91 Å². The first kappa shape index (κ1) is 18.2. The molecule has 1 aliphatic heterocycles. The fourth-order valence-electron chi connectivity index (χ4n) is 2.49. The van der Waals surface area contributed by atoms with E-state index in [1.807, 2.05) is 0 Å². The molecule has 1 unspecified atom stereocenters. The number of rotatable bonds is 5. The maximum atomic E-state index is 14.1. The number of hydrogen-bond donors (Lipinski definition) is 2. The summed E-state index contributed by atoms with van der Waals surface area (Å²) in [5.74, 6) is 0.0866. The highest BCUT2D eigenvalue weighted by molar-refractivity contribution is 5.85. The van der Waals surface area contributed by atoms with Gasteiger partial charge in [-0.05, 0) is 49.2 Å². The smallest absolute Gasteiger partial charge is 0.237 e. The molecule has 1 amide bonds. The lowest BCUT2D eigenvalue weighted by Crippen LogP contribution is -2.40. The van der Waals surface area contributed by atoms with Gasteiger partial charge in [0, 0.05) is 12.7 Å². The van der Waals surface area contributed by atoms with Gasteiger partial charge in [0.25, 0.3) is 0 Å². The molecule has 1 atom stereocenters. The van der Waals surface area contributed by atoms with Crippen LogP contribution in [-0.4, -0.2) is 23.5 Å². The van der Waals surface area contributed by atoms with Crippen molar-refractivity contribution in [1.29, 1.82) is 0 Å². The maximum Gasteiger partial charge on any atom is 0.237 e. The number of carbonyl (C=O) groups excluding carboxylic acids is 1. The summed E-state index contributed by atoms with van der Waals surface area (Å²) in [4.78, 5) is 15.8. The summed E-state index contributed by atoms with van der Waals surface area (Å²) in [7, 11) is 0. The SMILES string of the molecule is Cl.O=C(NCc1ccc(Oc2cccnc2)c(F)c1)C1CCCN1. The van der Waals surface area contributed by atoms with Gasteiger partial charge in [-0.25, -0.2) is 4.39 Å². The summed E-state index contributed by atoms with van der Waals surface area (Å²) >= 11 is 0. The predicted octanol–water partition coefficient (Wildman–Crippen LogP) is 2.80. The molecule has 0 radical (unpaired) electrons. The van der Waals surface area contributed by atoms with Crippen molar-refractivity contribution in [2.24, 2.45) is 0 Å². The van der Waals surface area contributed by atoms with Gasteiger partial charge >= 0.3 is 0 Å². The summed E-state index contributed by atoms with van der Waals surface area (Å²) in [6.07, 6.45) is 4.99. The minimum Gasteiger partial charge on any atom is -0.453 e. The van der Waals surface area contributed by atoms with E-state index in [1.54, 1.807) is 30.5 Å². The van der Waals surface area contributed by atoms with Crippen LogP contribution in [0.25, 0.3) is 0 Å². The van der Waals surface area contributed by atoms with Crippen molar-refractivity contribution in [2.45, 2.75) is 25.4 Å². The van der Waals surface area contributed by atoms with E-state index in [0.29, 0.717) is 17.9 Å². The Labute approximate surface area is 146 Å². The lowest BCUT2D eigenvalue weighted by atomic mass is 10.2. The molecule has 3 rings (SSSR count). The Morgan fingerprint density at radius 3 is 2.96 bits per heavy atom. The topological polar surface area (TPSA) is 63.2 Å². The number of pyridine rings is 1. The van der Waals surface area contributed by atoms with E-state index in [0.717, 1.165) is 19.4 Å². The molecule has 128 valence electrons. The standard InChI is InChI=1S/C17H18FN3O2.ClH/c18-14-9-12(10-21-17(22)15-4-2-8-20-15)5-6-16(14)23-13-3-1-7-19-11-13;/h1,3,5-7,9,11,15,20H,2,4,8,10H2,(H,21,22);1H. The number of nitrogens with one attached hydrogen (secondary N) is 2. The second-order valence-corrected chi connectivity index (χ2v) is 5.42. The zero-order chi connectivity index (χ0) is 16.1. The maximum absolute atomic E-state index is 14.1. The normalized spacial score (nSPS) is 16.3. The second-order valence-electron chi connectivity index (χ2n) is 5.42. The molecule has 1 fully saturated rings. The largest absolute Gasteiger partial charge is 0.453 e. The van der Waals surface area contributed by atoms with E-state index in [9.17, 15) is 9.18 Å². The van der Waals surface area contributed by atoms with Crippen LogP contribution in [-0.2, 0) is 11.3 Å². The predicted molar refractivity (Wildman–Crippen MR) is 90.8 cm³/mol. The summed E-state index contributed by atoms with van der Waals surface area (Å²) in [5.41, 5.74) is 0.687. The van der Waals surface area contributed by atoms with E-state index < -0.39 is 5.82 Å². The molecular formula is C17H19ClFN3O2. The number of halogens is 2. The Morgan fingerprint density at radius 1 is 1.42 bits per heavy atom. The van der Waals surface area contributed by atoms with Gasteiger partial charge in [-0.2, -0.15) is 0 Å². The van der Waals surface area contributed by atoms with Gasteiger partial charge in [0.1, 0.15) is 5.75 Å². The summed E-state index contributed by atoms with van der Waals surface area (Å²) in [5, 5.41) is 5.95. The van der Waals surface area contributed by atoms with Crippen LogP contribution in [0.5, 0.6) is 11.5 Å². The third-order valence-corrected chi connectivity index (χ3v) is 3.70. The van der Waals surface area contributed by atoms with Crippen molar-refractivity contribution in [3.63, 3.8) is 0 Å². The number of benzene rings is 1. The van der Waals surface area contributed by atoms with E-state index in [1.165, 1.54) is 12.3 Å². The molecule has 1 saturated heterocycles. The van der Waals surface area contributed by atoms with Crippen LogP contribution in [0.3, 0.4) is 0 Å². The Balaban J connectivity index is 0.00000208. The van der Waals surface area contributed by atoms with Crippen molar-refractivity contribution < 1.29 is 13.9 Å². The quantitative estimate of drug-likeness (QED) is 0.869. The molecule has 0 spiro atoms. The minimum atomic E-state index is -0.473. The van der Waals surface area contributed by atoms with Gasteiger partial charge in [-0.3, -0.25) is 9.78 Å². The first-order valence-corrected chi connectivity index (χ1v) is 7.60. The molecular weight excluding hydrogens is 333 g/mol. The Hall–Kier alpha value is -2.18. The summed E-state index contributed by atoms with van der Waals surface area (Å²) in [6, 6.07) is 7.94. The first-order chi connectivity index (χ1) is 11.2. The Kier molecular flexibility index (Phi) is 6.52. The Morgan fingerprint density at radius 2 is 2.29 bits per heavy atom. The highest BCUT2D eigenvalue weighted by Gasteiger charge is 2.21. The number of hydrogen-bond acceptors (Lipinski definition) is 4. The monoisotopic (exact) mass is 351 g/mol. The first-order valence-electron chi connectivity index (χ1n) is 7.60. The molecule has 7 heteroatoms. The molecule has 2 N–H and O–H groups in total. The number of carbonyl (C=O) groups is 1. The fraction of sp³-hybridized carbons (Fsp3) is 0.294. The third-order valence-electron chi connectivity index (χ3n) is 3.70. The lowest BCUT2D eigenvalue weighted by molar-refractivity contribution is -0.122.